The van der Waals surface area contributed by atoms with E-state index in [0.29, 0.717) is 6.54 Å². The second-order valence-corrected chi connectivity index (χ2v) is 8.39. The summed E-state index contributed by atoms with van der Waals surface area (Å²) in [7, 11) is 0. The molecule has 1 rings (SSSR count). The Morgan fingerprint density at radius 1 is 0.548 bits per heavy atom. The molecule has 1 heterocycles. The zero-order chi connectivity index (χ0) is 22.9. The van der Waals surface area contributed by atoms with Gasteiger partial charge in [-0.2, -0.15) is 0 Å². The molecule has 0 atom stereocenters. The summed E-state index contributed by atoms with van der Waals surface area (Å²) in [5.41, 5.74) is -1.71. The van der Waals surface area contributed by atoms with Crippen LogP contribution in [-0.2, 0) is 19.6 Å². The van der Waals surface area contributed by atoms with Crippen LogP contribution in [0.4, 0.5) is 0 Å². The summed E-state index contributed by atoms with van der Waals surface area (Å²) in [5, 5.41) is 0. The number of aromatic nitrogens is 3. The van der Waals surface area contributed by atoms with E-state index in [2.05, 4.69) is 20.1 Å². The second kappa shape index (κ2) is 16.6. The van der Waals surface area contributed by atoms with Gasteiger partial charge in [0.1, 0.15) is 0 Å². The Morgan fingerprint density at radius 3 is 1.23 bits per heavy atom. The molecule has 0 aliphatic heterocycles. The van der Waals surface area contributed by atoms with E-state index in [-0.39, 0.29) is 13.1 Å². The van der Waals surface area contributed by atoms with Crippen LogP contribution in [0.25, 0.3) is 0 Å². The molecule has 0 fully saturated rings. The van der Waals surface area contributed by atoms with E-state index >= 15 is 0 Å². The van der Waals surface area contributed by atoms with Crippen LogP contribution in [-0.4, -0.2) is 13.7 Å². The summed E-state index contributed by atoms with van der Waals surface area (Å²) in [4.78, 5) is 37.5. The Morgan fingerprint density at radius 2 is 0.871 bits per heavy atom. The van der Waals surface area contributed by atoms with E-state index in [1.807, 2.05) is 0 Å². The third-order valence-electron chi connectivity index (χ3n) is 5.74. The molecule has 0 unspecified atom stereocenters. The minimum absolute atomic E-state index is 0.0911. The number of allylic oxidation sites excluding steroid dienone is 2. The molecule has 0 aliphatic carbocycles. The van der Waals surface area contributed by atoms with Crippen LogP contribution in [0.1, 0.15) is 96.8 Å². The standard InChI is InChI=1S/C25H43N3O3/c1-4-7-8-9-10-11-12-13-14-15-16-17-18-19-22-28-24(30)26(20-5-2)23(29)27(21-6-3)25(28)31/h5-6H,2-4,7-22H2,1H3. The topological polar surface area (TPSA) is 66.0 Å². The van der Waals surface area contributed by atoms with Crippen LogP contribution >= 0.6 is 0 Å². The number of nitrogens with zero attached hydrogens (tertiary/aromatic N) is 3. The lowest BCUT2D eigenvalue weighted by Gasteiger charge is -2.12. The molecule has 6 heteroatoms. The van der Waals surface area contributed by atoms with Crippen LogP contribution in [0.5, 0.6) is 0 Å². The van der Waals surface area contributed by atoms with Crippen molar-refractivity contribution < 1.29 is 0 Å². The van der Waals surface area contributed by atoms with Crippen LogP contribution in [0, 0.1) is 0 Å². The molecule has 0 bridgehead atoms. The van der Waals surface area contributed by atoms with Crippen molar-refractivity contribution in [1.82, 2.24) is 13.7 Å². The molecule has 0 amide bonds. The molecule has 0 radical (unpaired) electrons. The van der Waals surface area contributed by atoms with Crippen LogP contribution < -0.4 is 17.1 Å². The van der Waals surface area contributed by atoms with E-state index < -0.39 is 17.1 Å². The molecule has 1 aromatic heterocycles. The molecule has 6 nitrogen and oxygen atoms in total. The highest BCUT2D eigenvalue weighted by Crippen LogP contribution is 2.12. The first-order chi connectivity index (χ1) is 15.1. The Hall–Kier alpha value is -2.11. The fourth-order valence-corrected chi connectivity index (χ4v) is 3.91. The highest BCUT2D eigenvalue weighted by molar-refractivity contribution is 4.84. The fourth-order valence-electron chi connectivity index (χ4n) is 3.91. The predicted molar refractivity (Wildman–Crippen MR) is 130 cm³/mol. The normalized spacial score (nSPS) is 11.0. The largest absolute Gasteiger partial charge is 0.336 e. The molecule has 176 valence electrons. The summed E-state index contributed by atoms with van der Waals surface area (Å²) in [5.74, 6) is 0. The Bertz CT molecular complexity index is 769. The van der Waals surface area contributed by atoms with Gasteiger partial charge in [0, 0.05) is 6.54 Å². The molecule has 0 saturated carbocycles. The predicted octanol–water partition coefficient (Wildman–Crippen LogP) is 5.03. The van der Waals surface area contributed by atoms with Crippen molar-refractivity contribution in [3.8, 4) is 0 Å². The monoisotopic (exact) mass is 433 g/mol. The SMILES string of the molecule is C=CCn1c(=O)n(CC=C)c(=O)n(CCCCCCCCCCCCCCCC)c1=O. The van der Waals surface area contributed by atoms with E-state index in [4.69, 9.17) is 0 Å². The molecule has 0 aromatic carbocycles. The third kappa shape index (κ3) is 9.70. The van der Waals surface area contributed by atoms with Crippen molar-refractivity contribution in [2.75, 3.05) is 0 Å². The number of hydrogen-bond acceptors (Lipinski definition) is 3. The van der Waals surface area contributed by atoms with Gasteiger partial charge in [-0.1, -0.05) is 103 Å². The van der Waals surface area contributed by atoms with Gasteiger partial charge in [0.2, 0.25) is 0 Å². The maximum atomic E-state index is 12.6. The summed E-state index contributed by atoms with van der Waals surface area (Å²) in [6, 6.07) is 0. The summed E-state index contributed by atoms with van der Waals surface area (Å²) in [6.45, 7) is 9.96. The third-order valence-corrected chi connectivity index (χ3v) is 5.74. The van der Waals surface area contributed by atoms with Gasteiger partial charge >= 0.3 is 17.1 Å². The summed E-state index contributed by atoms with van der Waals surface area (Å²) >= 11 is 0. The van der Waals surface area contributed by atoms with Crippen molar-refractivity contribution >= 4 is 0 Å². The van der Waals surface area contributed by atoms with E-state index in [1.165, 1.54) is 87.3 Å². The van der Waals surface area contributed by atoms with Crippen molar-refractivity contribution in [1.29, 1.82) is 0 Å². The fraction of sp³-hybridized carbons (Fsp3) is 0.720. The van der Waals surface area contributed by atoms with Gasteiger partial charge in [-0.05, 0) is 6.42 Å². The van der Waals surface area contributed by atoms with Gasteiger partial charge in [0.05, 0.1) is 13.1 Å². The average molecular weight is 434 g/mol. The van der Waals surface area contributed by atoms with Crippen LogP contribution in [0.2, 0.25) is 0 Å². The number of rotatable bonds is 19. The Labute approximate surface area is 187 Å². The van der Waals surface area contributed by atoms with Crippen molar-refractivity contribution in [2.24, 2.45) is 0 Å². The van der Waals surface area contributed by atoms with E-state index in [1.54, 1.807) is 0 Å². The van der Waals surface area contributed by atoms with E-state index in [9.17, 15) is 14.4 Å². The highest BCUT2D eigenvalue weighted by atomic mass is 16.2. The molecular formula is C25H43N3O3. The molecular weight excluding hydrogens is 390 g/mol. The van der Waals surface area contributed by atoms with Crippen LogP contribution in [0.15, 0.2) is 39.7 Å². The van der Waals surface area contributed by atoms with Crippen molar-refractivity contribution in [3.05, 3.63) is 56.8 Å². The first-order valence-corrected chi connectivity index (χ1v) is 12.2. The maximum absolute atomic E-state index is 12.6. The zero-order valence-electron chi connectivity index (χ0n) is 19.7. The lowest BCUT2D eigenvalue weighted by atomic mass is 10.0. The first-order valence-electron chi connectivity index (χ1n) is 12.2. The molecule has 0 N–H and O–H groups in total. The Balaban J connectivity index is 2.33. The quantitative estimate of drug-likeness (QED) is 0.227. The average Bonchev–Trinajstić information content (AvgIpc) is 2.76. The minimum atomic E-state index is -0.605. The van der Waals surface area contributed by atoms with Gasteiger partial charge in [-0.3, -0.25) is 0 Å². The lowest BCUT2D eigenvalue weighted by Crippen LogP contribution is -2.54. The minimum Gasteiger partial charge on any atom is -0.247 e. The summed E-state index contributed by atoms with van der Waals surface area (Å²) < 4.78 is 3.29. The molecule has 0 saturated heterocycles. The Kier molecular flexibility index (Phi) is 14.4. The van der Waals surface area contributed by atoms with E-state index in [0.717, 1.165) is 28.4 Å². The molecule has 0 spiro atoms. The van der Waals surface area contributed by atoms with Gasteiger partial charge < -0.3 is 0 Å². The zero-order valence-corrected chi connectivity index (χ0v) is 19.7. The molecule has 1 aromatic rings. The maximum Gasteiger partial charge on any atom is 0.336 e. The lowest BCUT2D eigenvalue weighted by molar-refractivity contribution is 0.455. The van der Waals surface area contributed by atoms with Gasteiger partial charge in [0.15, 0.2) is 0 Å². The van der Waals surface area contributed by atoms with Crippen molar-refractivity contribution in [3.63, 3.8) is 0 Å². The van der Waals surface area contributed by atoms with Crippen molar-refractivity contribution in [2.45, 2.75) is 116 Å². The second-order valence-electron chi connectivity index (χ2n) is 8.39. The van der Waals surface area contributed by atoms with Gasteiger partial charge in [-0.15, -0.1) is 13.2 Å². The molecule has 31 heavy (non-hydrogen) atoms. The van der Waals surface area contributed by atoms with Gasteiger partial charge in [-0.25, -0.2) is 28.1 Å². The van der Waals surface area contributed by atoms with Crippen LogP contribution in [0.3, 0.4) is 0 Å². The molecule has 0 aliphatic rings. The summed E-state index contributed by atoms with van der Waals surface area (Å²) in [6.07, 6.45) is 20.5. The van der Waals surface area contributed by atoms with Gasteiger partial charge in [0.25, 0.3) is 0 Å². The number of hydrogen-bond donors (Lipinski definition) is 0. The highest BCUT2D eigenvalue weighted by Gasteiger charge is 2.13. The first kappa shape index (κ1) is 26.9. The smallest absolute Gasteiger partial charge is 0.247 e. The number of unbranched alkanes of at least 4 members (excludes halogenated alkanes) is 13.